The number of aliphatic hydroxyl groups excluding tert-OH is 1. The first-order chi connectivity index (χ1) is 17.8. The molecule has 0 radical (unpaired) electrons. The lowest BCUT2D eigenvalue weighted by molar-refractivity contribution is -0.118. The first-order valence-electron chi connectivity index (χ1n) is 12.7. The first-order valence-corrected chi connectivity index (χ1v) is 12.7. The Labute approximate surface area is 218 Å². The topological polar surface area (TPSA) is 91.2 Å². The molecule has 0 saturated heterocycles. The van der Waals surface area contributed by atoms with E-state index in [0.717, 1.165) is 36.7 Å². The average Bonchev–Trinajstić information content (AvgIpc) is 3.22. The largest absolute Gasteiger partial charge is 0.489 e. The van der Waals surface area contributed by atoms with E-state index < -0.39 is 0 Å². The molecule has 37 heavy (non-hydrogen) atoms. The first kappa shape index (κ1) is 26.4. The summed E-state index contributed by atoms with van der Waals surface area (Å²) in [6, 6.07) is 9.18. The molecule has 0 saturated carbocycles. The van der Waals surface area contributed by atoms with Crippen LogP contribution in [0.25, 0.3) is 0 Å². The van der Waals surface area contributed by atoms with Gasteiger partial charge in [-0.05, 0) is 78.8 Å². The maximum Gasteiger partial charge on any atom is 0.226 e. The predicted octanol–water partition coefficient (Wildman–Crippen LogP) is 5.48. The molecule has 1 atom stereocenters. The fourth-order valence-corrected chi connectivity index (χ4v) is 4.68. The fraction of sp³-hybridized carbons (Fsp3) is 0.367. The minimum absolute atomic E-state index is 0.0928. The average molecular weight is 502 g/mol. The second-order valence-corrected chi connectivity index (χ2v) is 10.0. The molecule has 0 spiro atoms. The third-order valence-electron chi connectivity index (χ3n) is 6.84. The molecule has 1 aliphatic carbocycles. The van der Waals surface area contributed by atoms with Gasteiger partial charge in [0.2, 0.25) is 5.91 Å². The zero-order chi connectivity index (χ0) is 26.5. The van der Waals surface area contributed by atoms with E-state index in [9.17, 15) is 14.7 Å². The number of nitrogens with one attached hydrogen (secondary N) is 1. The van der Waals surface area contributed by atoms with Crippen molar-refractivity contribution in [3.8, 4) is 5.75 Å². The molecule has 0 bridgehead atoms. The molecule has 2 aromatic rings. The lowest BCUT2D eigenvalue weighted by atomic mass is 10.0. The molecule has 1 aliphatic heterocycles. The second kappa shape index (κ2) is 11.6. The van der Waals surface area contributed by atoms with Crippen LogP contribution >= 0.6 is 0 Å². The van der Waals surface area contributed by atoms with Crippen LogP contribution in [0.5, 0.6) is 5.75 Å². The fourth-order valence-electron chi connectivity index (χ4n) is 4.68. The number of allylic oxidation sites excluding steroid dienone is 2. The number of amides is 1. The summed E-state index contributed by atoms with van der Waals surface area (Å²) in [5.41, 5.74) is 6.76. The van der Waals surface area contributed by atoms with Crippen LogP contribution < -0.4 is 10.1 Å². The lowest BCUT2D eigenvalue weighted by Gasteiger charge is -2.21. The quantitative estimate of drug-likeness (QED) is 0.351. The summed E-state index contributed by atoms with van der Waals surface area (Å²) in [6.07, 6.45) is 10.2. The van der Waals surface area contributed by atoms with E-state index >= 15 is 0 Å². The SMILES string of the molecule is Cc1cc(C=O)c(N=CC2CC3=C(C=CCC3)N2C)cc1OCc1cc(CO)cc(NC(=O)C(C)C)c1. The number of carbonyl (C=O) groups is 2. The van der Waals surface area contributed by atoms with Crippen molar-refractivity contribution >= 4 is 29.8 Å². The van der Waals surface area contributed by atoms with Crippen molar-refractivity contribution in [2.45, 2.75) is 59.3 Å². The summed E-state index contributed by atoms with van der Waals surface area (Å²) in [4.78, 5) is 30.9. The Morgan fingerprint density at radius 2 is 2.03 bits per heavy atom. The van der Waals surface area contributed by atoms with Crippen LogP contribution in [-0.2, 0) is 18.0 Å². The molecule has 1 unspecified atom stereocenters. The van der Waals surface area contributed by atoms with Crippen molar-refractivity contribution in [1.82, 2.24) is 4.90 Å². The normalized spacial score (nSPS) is 17.0. The van der Waals surface area contributed by atoms with Crippen molar-refractivity contribution in [1.29, 1.82) is 0 Å². The summed E-state index contributed by atoms with van der Waals surface area (Å²) in [7, 11) is 2.08. The molecule has 194 valence electrons. The second-order valence-electron chi connectivity index (χ2n) is 10.0. The van der Waals surface area contributed by atoms with E-state index in [4.69, 9.17) is 9.73 Å². The molecular formula is C30H35N3O4. The highest BCUT2D eigenvalue weighted by Crippen LogP contribution is 2.34. The Bertz CT molecular complexity index is 1280. The molecule has 2 aromatic carbocycles. The van der Waals surface area contributed by atoms with Crippen LogP contribution in [-0.4, -0.2) is 41.5 Å². The number of aryl methyl sites for hydroxylation is 1. The van der Waals surface area contributed by atoms with Crippen molar-refractivity contribution in [3.05, 3.63) is 76.0 Å². The van der Waals surface area contributed by atoms with E-state index in [0.29, 0.717) is 28.3 Å². The van der Waals surface area contributed by atoms with E-state index in [2.05, 4.69) is 29.4 Å². The summed E-state index contributed by atoms with van der Waals surface area (Å²) in [6.45, 7) is 5.63. The van der Waals surface area contributed by atoms with Crippen molar-refractivity contribution in [3.63, 3.8) is 0 Å². The standard InChI is InChI=1S/C30H35N3O4/c1-19(2)30(36)32-25-11-21(16-34)10-22(12-25)18-37-29-14-27(24(17-35)9-20(29)3)31-15-26-13-23-7-5-6-8-28(23)33(26)4/h6,8-12,14-15,17,19,26,34H,5,7,13,16,18H2,1-4H3,(H,32,36). The third kappa shape index (κ3) is 6.17. The van der Waals surface area contributed by atoms with Crippen LogP contribution in [0.4, 0.5) is 11.4 Å². The minimum atomic E-state index is -0.155. The number of hydrogen-bond donors (Lipinski definition) is 2. The van der Waals surface area contributed by atoms with E-state index in [-0.39, 0.29) is 31.1 Å². The summed E-state index contributed by atoms with van der Waals surface area (Å²) < 4.78 is 6.13. The highest BCUT2D eigenvalue weighted by Gasteiger charge is 2.27. The predicted molar refractivity (Wildman–Crippen MR) is 146 cm³/mol. The monoisotopic (exact) mass is 501 g/mol. The van der Waals surface area contributed by atoms with Gasteiger partial charge >= 0.3 is 0 Å². The molecule has 7 nitrogen and oxygen atoms in total. The molecule has 2 aliphatic rings. The Kier molecular flexibility index (Phi) is 8.24. The van der Waals surface area contributed by atoms with Crippen LogP contribution in [0.3, 0.4) is 0 Å². The zero-order valence-corrected chi connectivity index (χ0v) is 22.0. The summed E-state index contributed by atoms with van der Waals surface area (Å²) >= 11 is 0. The van der Waals surface area contributed by atoms with Gasteiger partial charge < -0.3 is 20.1 Å². The number of carbonyl (C=O) groups excluding carboxylic acids is 2. The third-order valence-corrected chi connectivity index (χ3v) is 6.84. The van der Waals surface area contributed by atoms with Gasteiger partial charge in [-0.2, -0.15) is 0 Å². The Hall–Kier alpha value is -3.71. The molecule has 1 heterocycles. The highest BCUT2D eigenvalue weighted by atomic mass is 16.5. The number of ether oxygens (including phenoxy) is 1. The van der Waals surface area contributed by atoms with Crippen molar-refractivity contribution < 1.29 is 19.4 Å². The van der Waals surface area contributed by atoms with Gasteiger partial charge in [-0.1, -0.05) is 19.9 Å². The molecular weight excluding hydrogens is 466 g/mol. The Morgan fingerprint density at radius 3 is 2.73 bits per heavy atom. The van der Waals surface area contributed by atoms with Gasteiger partial charge in [-0.15, -0.1) is 0 Å². The number of nitrogens with zero attached hydrogens (tertiary/aromatic N) is 2. The van der Waals surface area contributed by atoms with Crippen molar-refractivity contribution in [2.24, 2.45) is 10.9 Å². The molecule has 2 N–H and O–H groups in total. The number of aliphatic imine (C=N–C) groups is 1. The maximum atomic E-state index is 12.1. The molecule has 4 rings (SSSR count). The van der Waals surface area contributed by atoms with Gasteiger partial charge in [0.15, 0.2) is 6.29 Å². The summed E-state index contributed by atoms with van der Waals surface area (Å²) in [5.74, 6) is 0.377. The van der Waals surface area contributed by atoms with Gasteiger partial charge in [0.25, 0.3) is 0 Å². The number of rotatable bonds is 9. The van der Waals surface area contributed by atoms with Gasteiger partial charge in [0, 0.05) is 42.2 Å². The van der Waals surface area contributed by atoms with Crippen LogP contribution in [0.1, 0.15) is 60.2 Å². The van der Waals surface area contributed by atoms with Gasteiger partial charge in [-0.25, -0.2) is 0 Å². The van der Waals surface area contributed by atoms with Crippen LogP contribution in [0.2, 0.25) is 0 Å². The van der Waals surface area contributed by atoms with E-state index in [1.54, 1.807) is 18.2 Å². The van der Waals surface area contributed by atoms with E-state index in [1.165, 1.54) is 11.3 Å². The van der Waals surface area contributed by atoms with Crippen molar-refractivity contribution in [2.75, 3.05) is 12.4 Å². The highest BCUT2D eigenvalue weighted by molar-refractivity contribution is 5.92. The zero-order valence-electron chi connectivity index (χ0n) is 22.0. The van der Waals surface area contributed by atoms with Gasteiger partial charge in [-0.3, -0.25) is 14.6 Å². The molecule has 0 fully saturated rings. The number of aliphatic hydroxyl groups is 1. The molecule has 0 aromatic heterocycles. The lowest BCUT2D eigenvalue weighted by Crippen LogP contribution is -2.26. The van der Waals surface area contributed by atoms with Crippen LogP contribution in [0.15, 0.2) is 58.7 Å². The smallest absolute Gasteiger partial charge is 0.226 e. The van der Waals surface area contributed by atoms with E-state index in [1.807, 2.05) is 39.1 Å². The number of aldehydes is 1. The number of hydrogen-bond acceptors (Lipinski definition) is 6. The minimum Gasteiger partial charge on any atom is -0.489 e. The molecule has 7 heteroatoms. The number of benzene rings is 2. The van der Waals surface area contributed by atoms with Gasteiger partial charge in [0.1, 0.15) is 12.4 Å². The maximum absolute atomic E-state index is 12.1. The molecule has 1 amide bonds. The summed E-state index contributed by atoms with van der Waals surface area (Å²) in [5, 5.41) is 12.6. The number of anilines is 1. The van der Waals surface area contributed by atoms with Gasteiger partial charge in [0.05, 0.1) is 18.3 Å². The number of likely N-dealkylation sites (N-methyl/N-ethyl adjacent to an activating group) is 1. The Balaban J connectivity index is 1.51. The Morgan fingerprint density at radius 1 is 1.24 bits per heavy atom. The van der Waals surface area contributed by atoms with Crippen LogP contribution in [0, 0.1) is 12.8 Å².